The van der Waals surface area contributed by atoms with Crippen LogP contribution in [0.4, 0.5) is 5.69 Å². The Labute approximate surface area is 158 Å². The molecule has 0 saturated heterocycles. The van der Waals surface area contributed by atoms with Crippen LogP contribution in [0.15, 0.2) is 47.3 Å². The molecule has 0 radical (unpaired) electrons. The fraction of sp³-hybridized carbons (Fsp3) is 0.211. The van der Waals surface area contributed by atoms with Crippen molar-refractivity contribution in [2.45, 2.75) is 19.1 Å². The Balaban J connectivity index is 1.37. The van der Waals surface area contributed by atoms with Gasteiger partial charge in [-0.2, -0.15) is 0 Å². The van der Waals surface area contributed by atoms with Gasteiger partial charge >= 0.3 is 11.7 Å². The third-order valence-corrected chi connectivity index (χ3v) is 4.22. The number of amides is 1. The van der Waals surface area contributed by atoms with E-state index in [-0.39, 0.29) is 12.3 Å². The van der Waals surface area contributed by atoms with E-state index in [0.29, 0.717) is 28.2 Å². The van der Waals surface area contributed by atoms with Gasteiger partial charge in [0.1, 0.15) is 6.61 Å². The number of esters is 1. The Bertz CT molecular complexity index is 1100. The highest BCUT2D eigenvalue weighted by molar-refractivity contribution is 5.96. The number of para-hydroxylation sites is 2. The number of carbonyl (C=O) groups is 2. The molecule has 28 heavy (non-hydrogen) atoms. The van der Waals surface area contributed by atoms with Crippen LogP contribution in [0.25, 0.3) is 11.0 Å². The van der Waals surface area contributed by atoms with Gasteiger partial charge in [0.25, 0.3) is 5.91 Å². The summed E-state index contributed by atoms with van der Waals surface area (Å²) in [6.07, 6.45) is -2.00. The third-order valence-electron chi connectivity index (χ3n) is 4.22. The highest BCUT2D eigenvalue weighted by Crippen LogP contribution is 2.31. The van der Waals surface area contributed by atoms with Crippen molar-refractivity contribution < 1.29 is 23.8 Å². The van der Waals surface area contributed by atoms with E-state index in [2.05, 4.69) is 15.3 Å². The lowest BCUT2D eigenvalue weighted by Gasteiger charge is -2.25. The van der Waals surface area contributed by atoms with Crippen LogP contribution in [0, 0.1) is 0 Å². The summed E-state index contributed by atoms with van der Waals surface area (Å²) in [6, 6.07) is 11.9. The first-order chi connectivity index (χ1) is 13.5. The predicted molar refractivity (Wildman–Crippen MR) is 99.5 cm³/mol. The van der Waals surface area contributed by atoms with E-state index in [0.717, 1.165) is 0 Å². The molecule has 9 nitrogen and oxygen atoms in total. The molecule has 144 valence electrons. The lowest BCUT2D eigenvalue weighted by atomic mass is 10.2. The summed E-state index contributed by atoms with van der Waals surface area (Å²) in [4.78, 5) is 41.2. The van der Waals surface area contributed by atoms with Gasteiger partial charge in [0, 0.05) is 5.69 Å². The van der Waals surface area contributed by atoms with Crippen LogP contribution in [-0.4, -0.2) is 40.7 Å². The number of aromatic amines is 2. The Morgan fingerprint density at radius 3 is 2.71 bits per heavy atom. The van der Waals surface area contributed by atoms with Crippen LogP contribution < -0.4 is 20.5 Å². The van der Waals surface area contributed by atoms with E-state index in [1.54, 1.807) is 42.5 Å². The number of benzene rings is 2. The summed E-state index contributed by atoms with van der Waals surface area (Å²) in [5, 5.41) is 2.64. The lowest BCUT2D eigenvalue weighted by molar-refractivity contribution is -0.162. The molecule has 1 aliphatic rings. The average Bonchev–Trinajstić information content (AvgIpc) is 3.06. The number of carbonyl (C=O) groups excluding carboxylic acids is 2. The monoisotopic (exact) mass is 383 g/mol. The standard InChI is InChI=1S/C19H17N3O6/c1-10(17(23)20-11-6-7-12-13(8-11)22-19(25)21-12)27-18(24)16-9-26-14-4-2-3-5-15(14)28-16/h2-8,10,16H,9H2,1H3,(H,20,23)(H2,21,22,25)/t10-,16+/m0/s1. The summed E-state index contributed by atoms with van der Waals surface area (Å²) in [7, 11) is 0. The van der Waals surface area contributed by atoms with Crippen molar-refractivity contribution in [1.82, 2.24) is 9.97 Å². The number of nitrogens with one attached hydrogen (secondary N) is 3. The smallest absolute Gasteiger partial charge is 0.351 e. The van der Waals surface area contributed by atoms with Crippen LogP contribution in [0.5, 0.6) is 11.5 Å². The molecule has 0 bridgehead atoms. The first kappa shape index (κ1) is 17.7. The molecule has 1 amide bonds. The average molecular weight is 383 g/mol. The predicted octanol–water partition coefficient (Wildman–Crippen LogP) is 1.57. The van der Waals surface area contributed by atoms with E-state index in [9.17, 15) is 14.4 Å². The number of H-pyrrole nitrogens is 2. The van der Waals surface area contributed by atoms with Gasteiger partial charge in [-0.1, -0.05) is 12.1 Å². The van der Waals surface area contributed by atoms with Gasteiger partial charge in [-0.3, -0.25) is 4.79 Å². The van der Waals surface area contributed by atoms with Crippen molar-refractivity contribution in [3.05, 3.63) is 52.9 Å². The van der Waals surface area contributed by atoms with Gasteiger partial charge in [-0.25, -0.2) is 9.59 Å². The molecule has 1 aromatic heterocycles. The van der Waals surface area contributed by atoms with Crippen molar-refractivity contribution in [1.29, 1.82) is 0 Å². The van der Waals surface area contributed by atoms with E-state index in [1.807, 2.05) is 0 Å². The highest BCUT2D eigenvalue weighted by atomic mass is 16.6. The zero-order chi connectivity index (χ0) is 19.7. The summed E-state index contributed by atoms with van der Waals surface area (Å²) in [6.45, 7) is 1.46. The number of hydrogen-bond donors (Lipinski definition) is 3. The van der Waals surface area contributed by atoms with E-state index >= 15 is 0 Å². The second kappa shape index (κ2) is 7.10. The number of fused-ring (bicyclic) bond motifs is 2. The van der Waals surface area contributed by atoms with Crippen LogP contribution >= 0.6 is 0 Å². The number of rotatable bonds is 4. The zero-order valence-electron chi connectivity index (χ0n) is 14.9. The van der Waals surface area contributed by atoms with Crippen molar-refractivity contribution in [2.75, 3.05) is 11.9 Å². The third kappa shape index (κ3) is 3.54. The van der Waals surface area contributed by atoms with E-state index < -0.39 is 24.1 Å². The molecule has 2 aromatic carbocycles. The number of aromatic nitrogens is 2. The summed E-state index contributed by atoms with van der Waals surface area (Å²) in [5.41, 5.74) is 1.30. The lowest BCUT2D eigenvalue weighted by Crippen LogP contribution is -2.41. The molecule has 3 N–H and O–H groups in total. The maximum absolute atomic E-state index is 12.3. The van der Waals surface area contributed by atoms with Gasteiger partial charge in [-0.05, 0) is 37.3 Å². The molecule has 4 rings (SSSR count). The molecule has 0 aliphatic carbocycles. The summed E-state index contributed by atoms with van der Waals surface area (Å²) >= 11 is 0. The van der Waals surface area contributed by atoms with E-state index in [1.165, 1.54) is 6.92 Å². The molecule has 9 heteroatoms. The summed E-state index contributed by atoms with van der Waals surface area (Å²) < 4.78 is 16.3. The fourth-order valence-corrected chi connectivity index (χ4v) is 2.79. The van der Waals surface area contributed by atoms with Gasteiger partial charge in [0.2, 0.25) is 6.10 Å². The van der Waals surface area contributed by atoms with Gasteiger partial charge < -0.3 is 29.5 Å². The fourth-order valence-electron chi connectivity index (χ4n) is 2.79. The minimum atomic E-state index is -1.05. The normalized spacial score (nSPS) is 16.4. The molecular formula is C19H17N3O6. The molecule has 0 fully saturated rings. The number of ether oxygens (including phenoxy) is 3. The highest BCUT2D eigenvalue weighted by Gasteiger charge is 2.31. The molecule has 1 aliphatic heterocycles. The number of anilines is 1. The quantitative estimate of drug-likeness (QED) is 0.588. The van der Waals surface area contributed by atoms with Gasteiger partial charge in [-0.15, -0.1) is 0 Å². The number of hydrogen-bond acceptors (Lipinski definition) is 6. The van der Waals surface area contributed by atoms with Gasteiger partial charge in [0.15, 0.2) is 17.6 Å². The minimum absolute atomic E-state index is 0.00169. The Hall–Kier alpha value is -3.75. The maximum atomic E-state index is 12.3. The van der Waals surface area contributed by atoms with Crippen LogP contribution in [0.2, 0.25) is 0 Å². The Morgan fingerprint density at radius 1 is 1.14 bits per heavy atom. The first-order valence-corrected chi connectivity index (χ1v) is 8.61. The van der Waals surface area contributed by atoms with Crippen molar-refractivity contribution in [2.24, 2.45) is 0 Å². The van der Waals surface area contributed by atoms with Crippen LogP contribution in [0.1, 0.15) is 6.92 Å². The molecular weight excluding hydrogens is 366 g/mol. The molecule has 2 heterocycles. The first-order valence-electron chi connectivity index (χ1n) is 8.61. The Kier molecular flexibility index (Phi) is 4.48. The van der Waals surface area contributed by atoms with Crippen LogP contribution in [0.3, 0.4) is 0 Å². The number of imidazole rings is 1. The minimum Gasteiger partial charge on any atom is -0.485 e. The van der Waals surface area contributed by atoms with Gasteiger partial charge in [0.05, 0.1) is 11.0 Å². The second-order valence-corrected chi connectivity index (χ2v) is 6.27. The second-order valence-electron chi connectivity index (χ2n) is 6.27. The molecule has 0 unspecified atom stereocenters. The van der Waals surface area contributed by atoms with Crippen LogP contribution in [-0.2, 0) is 14.3 Å². The zero-order valence-corrected chi connectivity index (χ0v) is 14.9. The van der Waals surface area contributed by atoms with E-state index in [4.69, 9.17) is 14.2 Å². The maximum Gasteiger partial charge on any atom is 0.351 e. The SMILES string of the molecule is C[C@H](OC(=O)[C@H]1COc2ccccc2O1)C(=O)Nc1ccc2[nH]c(=O)[nH]c2c1. The summed E-state index contributed by atoms with van der Waals surface area (Å²) in [5.74, 6) is -0.206. The van der Waals surface area contributed by atoms with Crippen molar-refractivity contribution in [3.63, 3.8) is 0 Å². The van der Waals surface area contributed by atoms with Crippen molar-refractivity contribution in [3.8, 4) is 11.5 Å². The molecule has 0 spiro atoms. The molecule has 3 aromatic rings. The Morgan fingerprint density at radius 2 is 1.89 bits per heavy atom. The molecule has 2 atom stereocenters. The molecule has 0 saturated carbocycles. The largest absolute Gasteiger partial charge is 0.485 e. The topological polar surface area (TPSA) is 123 Å². The van der Waals surface area contributed by atoms with Crippen molar-refractivity contribution >= 4 is 28.6 Å².